The van der Waals surface area contributed by atoms with Gasteiger partial charge in [-0.25, -0.2) is 4.79 Å². The topological polar surface area (TPSA) is 388 Å². The van der Waals surface area contributed by atoms with Gasteiger partial charge in [0, 0.05) is 139 Å². The van der Waals surface area contributed by atoms with E-state index in [1.807, 2.05) is 107 Å². The Labute approximate surface area is 761 Å². The van der Waals surface area contributed by atoms with Gasteiger partial charge in [-0.05, 0) is 116 Å². The summed E-state index contributed by atoms with van der Waals surface area (Å²) in [5, 5.41) is 54.6. The van der Waals surface area contributed by atoms with Crippen molar-refractivity contribution in [1.29, 1.82) is 0 Å². The van der Waals surface area contributed by atoms with E-state index in [0.717, 1.165) is 16.2 Å². The van der Waals surface area contributed by atoms with Crippen molar-refractivity contribution in [3.8, 4) is 0 Å². The number of carbonyl (C=O) groups is 12. The molecule has 2 aromatic carbocycles. The molecule has 10 N–H and O–H groups in total. The van der Waals surface area contributed by atoms with Crippen LogP contribution < -0.4 is 37.2 Å². The monoisotopic (exact) mass is 1870 g/mol. The molecule has 30 nitrogen and oxygen atoms in total. The van der Waals surface area contributed by atoms with Crippen molar-refractivity contribution in [3.63, 3.8) is 0 Å². The molecule has 0 aromatic heterocycles. The number of likely N-dealkylation sites (tertiary alicyclic amines) is 2. The molecule has 19 atom stereocenters. The van der Waals surface area contributed by atoms with E-state index >= 15 is 0 Å². The number of aliphatic hydroxyl groups is 3. The number of fused-ring (bicyclic) bond motifs is 9. The first-order chi connectivity index (χ1) is 58.3. The van der Waals surface area contributed by atoms with Crippen molar-refractivity contribution in [1.82, 2.24) is 56.0 Å². The smallest absolute Gasteiger partial charge is 0.329 e. The molecular weight excluding hydrogens is 1730 g/mol. The zero-order valence-corrected chi connectivity index (χ0v) is 83.1. The number of para-hydroxylation sites is 2. The molecule has 37 heteroatoms. The first kappa shape index (κ1) is 105. The van der Waals surface area contributed by atoms with Crippen LogP contribution in [-0.4, -0.2) is 255 Å². The van der Waals surface area contributed by atoms with Gasteiger partial charge in [-0.15, -0.1) is 0 Å². The minimum absolute atomic E-state index is 0.0127. The fraction of sp³-hybridized carbons (Fsp3) is 0.705. The maximum Gasteiger partial charge on any atom is 0.329 e. The number of nitrogens with zero attached hydrogens (tertiary/aromatic N) is 6. The molecule has 7 heterocycles. The van der Waals surface area contributed by atoms with Crippen LogP contribution >= 0.6 is 0 Å². The van der Waals surface area contributed by atoms with E-state index in [1.165, 1.54) is 75.2 Å². The van der Waals surface area contributed by atoms with Crippen molar-refractivity contribution < 1.29 is 82.0 Å². The number of rotatable bonds is 23. The number of likely N-dealkylation sites (N-methyl/N-ethyl adjacent to an activating group) is 2. The predicted molar refractivity (Wildman–Crippen MR) is 499 cm³/mol. The van der Waals surface area contributed by atoms with Crippen LogP contribution in [0.5, 0.6) is 0 Å². The second-order valence-corrected chi connectivity index (χ2v) is 50.7. The summed E-state index contributed by atoms with van der Waals surface area (Å²) in [4.78, 5) is 181. The lowest BCUT2D eigenvalue weighted by Crippen LogP contribution is -2.65. The maximum atomic E-state index is 15.0. The van der Waals surface area contributed by atoms with Crippen molar-refractivity contribution in [2.45, 2.75) is 316 Å². The van der Waals surface area contributed by atoms with Gasteiger partial charge in [-0.1, -0.05) is 181 Å². The van der Waals surface area contributed by atoms with Crippen LogP contribution in [0.25, 0.3) is 0 Å². The van der Waals surface area contributed by atoms with Gasteiger partial charge in [0.2, 0.25) is 65.0 Å². The average Bonchev–Trinajstić information content (AvgIpc) is 1.56. The molecule has 0 bridgehead atoms. The highest BCUT2D eigenvalue weighted by molar-refractivity contribution is 8.64. The summed E-state index contributed by atoms with van der Waals surface area (Å²) in [6.45, 7) is 45.9. The van der Waals surface area contributed by atoms with Gasteiger partial charge < -0.3 is 91.1 Å². The molecule has 11 amide bonds. The Kier molecular flexibility index (Phi) is 37.2. The molecule has 125 heavy (non-hydrogen) atoms. The highest BCUT2D eigenvalue weighted by atomic mass is 33.3. The van der Waals surface area contributed by atoms with Gasteiger partial charge >= 0.3 is 5.97 Å². The second-order valence-electron chi connectivity index (χ2n) is 38.8. The molecule has 698 valence electrons. The van der Waals surface area contributed by atoms with Crippen LogP contribution in [0.15, 0.2) is 61.2 Å². The lowest BCUT2D eigenvalue weighted by Gasteiger charge is -2.46. The molecule has 2 aromatic rings. The van der Waals surface area contributed by atoms with Crippen LogP contribution in [0.1, 0.15) is 201 Å². The fourth-order valence-electron chi connectivity index (χ4n) is 17.8. The molecule has 7 aliphatic heterocycles. The summed E-state index contributed by atoms with van der Waals surface area (Å²) in [7, 11) is 6.46. The molecule has 5 saturated heterocycles. The van der Waals surface area contributed by atoms with Crippen LogP contribution in [-0.2, 0) is 136 Å². The molecular formula is C88H139N13O17S6Si. The largest absolute Gasteiger partial charge is 0.460 e. The molecule has 0 radical (unpaired) electrons. The number of nitrogens with one attached hydrogen (secondary N) is 7. The SMILES string of the molecule is C=CCOC(=O)[C@@H]1C[C@@]2(C)c3ccccc3N[C@H]2N1C(=O)[C@H](NC(=O)[C@H](CC(C)C)NC(=O)[C@H]1C[C@@H](O[Si](C)(C)C(C)(C)C)CCN1C(=O)[C@H](C(C)C)N(C)C(=O)[C@H](C)C(C)C)C(C)C.CC(C)C[C@@H]1NC(=O)[C@H]2C[C@@H](O)CCN2C(=O)[C@H](C(C)C)N(C)C(=O)[C@@H](C(C)C)NC(=O)[C@@H]2C[C@@]3(O)c4ccccc4N[C@H]3N2C(=O)[C@@H]([C@H](C)O)NC1=O.S=S=S=S=S=S. The Morgan fingerprint density at radius 3 is 1.80 bits per heavy atom. The number of esters is 1. The number of hydrogen-bond donors (Lipinski definition) is 10. The minimum Gasteiger partial charge on any atom is -0.460 e. The van der Waals surface area contributed by atoms with E-state index < -0.39 is 187 Å². The molecule has 0 unspecified atom stereocenters. The Bertz CT molecular complexity index is 4430. The number of ether oxygens (including phenoxy) is 1. The van der Waals surface area contributed by atoms with Crippen molar-refractivity contribution >= 4 is 149 Å². The van der Waals surface area contributed by atoms with E-state index in [-0.39, 0.29) is 111 Å². The lowest BCUT2D eigenvalue weighted by atomic mass is 9.80. The zero-order chi connectivity index (χ0) is 93.9. The van der Waals surface area contributed by atoms with Crippen LogP contribution in [0.2, 0.25) is 18.1 Å². The fourth-order valence-corrected chi connectivity index (χ4v) is 24.7. The zero-order valence-electron chi connectivity index (χ0n) is 77.2. The third kappa shape index (κ3) is 24.3. The van der Waals surface area contributed by atoms with Crippen LogP contribution in [0.4, 0.5) is 11.4 Å². The summed E-state index contributed by atoms with van der Waals surface area (Å²) < 4.78 is 12.4. The predicted octanol–water partition coefficient (Wildman–Crippen LogP) is 6.45. The summed E-state index contributed by atoms with van der Waals surface area (Å²) in [5.74, 6) is -8.71. The van der Waals surface area contributed by atoms with Gasteiger partial charge in [-0.3, -0.25) is 52.7 Å². The Morgan fingerprint density at radius 2 is 1.26 bits per heavy atom. The van der Waals surface area contributed by atoms with E-state index in [1.54, 1.807) is 63.9 Å². The number of carbonyl (C=O) groups excluding carboxylic acids is 12. The molecule has 9 rings (SSSR count). The Balaban J connectivity index is 0.000000326. The Morgan fingerprint density at radius 1 is 0.688 bits per heavy atom. The lowest BCUT2D eigenvalue weighted by molar-refractivity contribution is -0.155. The standard InChI is InChI=1S/C50H82N6O8Si.C38H57N7O9.S6/c1-18-25-63-47(62)39-28-50(14)35-21-19-20-22-36(35)52-48(50)56(39)45(60)40(31(6)7)53-42(57)37(26-29(2)3)51-43(58)38-27-34(64-65(16,17)49(11,12)13)23-24-55(38)46(61)41(32(8)9)54(15)44(59)33(10)30(4)5;1-18(2)15-25-31(48)42-29(21(7)46)35(52)45-27(17-38(54)23-11-9-10-12-24(23)40-37(38)45)33(50)41-28(19(3)4)34(51)43(8)30(20(5)6)36(53)44-14-13-22(47)16-26(44)32(49)39-25;1-3-5-6-4-2/h18-22,29-34,37-41,48,52H,1,23-28H2,2-17H3,(H,51,58)(H,53,57);9-12,18-22,25-30,37,40,46-47,54H,13-17H2,1-8H3,(H,39,49)(H,41,50)(H,42,48);/t33-,34+,37+,38-,39+,40-,41+,48+,50+;21-,22-,25-,26+,27-,28+,29+,30-,37-,38+;/m10./s1. The van der Waals surface area contributed by atoms with Crippen LogP contribution in [0.3, 0.4) is 0 Å². The number of amides is 11. The van der Waals surface area contributed by atoms with Crippen molar-refractivity contribution in [3.05, 3.63) is 72.3 Å². The molecule has 7 aliphatic rings. The van der Waals surface area contributed by atoms with Gasteiger partial charge in [-0.2, -0.15) is 0 Å². The number of aliphatic hydroxyl groups excluding tert-OH is 2. The van der Waals surface area contributed by atoms with E-state index in [2.05, 4.69) is 100 Å². The average molecular weight is 1870 g/mol. The van der Waals surface area contributed by atoms with Gasteiger partial charge in [0.1, 0.15) is 91.0 Å². The summed E-state index contributed by atoms with van der Waals surface area (Å²) >= 11 is 9.03. The van der Waals surface area contributed by atoms with Crippen molar-refractivity contribution in [2.24, 2.45) is 47.3 Å². The molecule has 0 spiro atoms. The number of hydrogen-bond acceptors (Lipinski definition) is 21. The van der Waals surface area contributed by atoms with Gasteiger partial charge in [0.25, 0.3) is 0 Å². The third-order valence-corrected chi connectivity index (χ3v) is 37.1. The normalized spacial score (nSPS) is 27.1. The summed E-state index contributed by atoms with van der Waals surface area (Å²) in [6, 6.07) is 2.17. The van der Waals surface area contributed by atoms with Crippen molar-refractivity contribution in [2.75, 3.05) is 44.4 Å². The molecule has 0 aliphatic carbocycles. The first-order valence-electron chi connectivity index (χ1n) is 43.8. The Hall–Kier alpha value is -7.20. The summed E-state index contributed by atoms with van der Waals surface area (Å²) in [5.41, 5.74) is 0.472. The molecule has 0 saturated carbocycles. The highest BCUT2D eigenvalue weighted by Gasteiger charge is 2.63. The first-order valence-corrected chi connectivity index (χ1v) is 53.3. The number of anilines is 2. The highest BCUT2D eigenvalue weighted by Crippen LogP contribution is 2.53. The van der Waals surface area contributed by atoms with Crippen LogP contribution in [0, 0.1) is 47.3 Å². The number of benzene rings is 2. The molecule has 5 fully saturated rings. The minimum atomic E-state index is -2.30. The van der Waals surface area contributed by atoms with Gasteiger partial charge in [0.05, 0.1) is 12.2 Å². The number of piperidine rings is 2. The van der Waals surface area contributed by atoms with E-state index in [9.17, 15) is 72.9 Å². The maximum absolute atomic E-state index is 15.0. The van der Waals surface area contributed by atoms with Gasteiger partial charge in [0.15, 0.2) is 8.32 Å². The second kappa shape index (κ2) is 44.4. The third-order valence-electron chi connectivity index (χ3n) is 25.9. The van der Waals surface area contributed by atoms with E-state index in [0.29, 0.717) is 24.1 Å². The summed E-state index contributed by atoms with van der Waals surface area (Å²) in [6.07, 6.45) is -1.78. The quantitative estimate of drug-likeness (QED) is 0.0324. The van der Waals surface area contributed by atoms with E-state index in [4.69, 9.17) is 9.16 Å².